The lowest BCUT2D eigenvalue weighted by Crippen LogP contribution is -2.48. The summed E-state index contributed by atoms with van der Waals surface area (Å²) in [4.78, 5) is 12.2. The molecule has 2 unspecified atom stereocenters. The predicted molar refractivity (Wildman–Crippen MR) is 103 cm³/mol. The average Bonchev–Trinajstić information content (AvgIpc) is 3.11. The van der Waals surface area contributed by atoms with Crippen molar-refractivity contribution in [2.75, 3.05) is 0 Å². The fourth-order valence-electron chi connectivity index (χ4n) is 4.14. The predicted octanol–water partition coefficient (Wildman–Crippen LogP) is 4.05. The molecule has 2 bridgehead atoms. The molecule has 5 heteroatoms. The van der Waals surface area contributed by atoms with Crippen LogP contribution in [0.3, 0.4) is 0 Å². The lowest BCUT2D eigenvalue weighted by atomic mass is 9.99. The molecule has 24 heavy (non-hydrogen) atoms. The van der Waals surface area contributed by atoms with E-state index in [9.17, 15) is 4.79 Å². The Hall–Kier alpha value is -1.10. The monoisotopic (exact) mass is 364 g/mol. The number of benzene rings is 1. The zero-order valence-corrected chi connectivity index (χ0v) is 15.4. The maximum Gasteiger partial charge on any atom is 0.220 e. The van der Waals surface area contributed by atoms with Gasteiger partial charge in [-0.25, -0.2) is 0 Å². The van der Waals surface area contributed by atoms with Crippen molar-refractivity contribution in [2.24, 2.45) is 0 Å². The van der Waals surface area contributed by atoms with Gasteiger partial charge in [-0.05, 0) is 60.9 Å². The number of piperidine rings is 1. The van der Waals surface area contributed by atoms with Gasteiger partial charge in [0.1, 0.15) is 0 Å². The fourth-order valence-corrected chi connectivity index (χ4v) is 5.14. The van der Waals surface area contributed by atoms with E-state index in [4.69, 9.17) is 0 Å². The molecule has 0 radical (unpaired) electrons. The molecule has 2 fully saturated rings. The molecule has 0 aliphatic carbocycles. The van der Waals surface area contributed by atoms with Crippen LogP contribution in [-0.4, -0.2) is 24.0 Å². The maximum absolute atomic E-state index is 12.2. The van der Waals surface area contributed by atoms with E-state index in [1.165, 1.54) is 28.5 Å². The van der Waals surface area contributed by atoms with Crippen molar-refractivity contribution in [3.63, 3.8) is 0 Å². The van der Waals surface area contributed by atoms with Crippen LogP contribution in [0.5, 0.6) is 0 Å². The Bertz CT molecular complexity index is 689. The number of fused-ring (bicyclic) bond motifs is 3. The second-order valence-electron chi connectivity index (χ2n) is 6.98. The summed E-state index contributed by atoms with van der Waals surface area (Å²) >= 11 is 1.80. The third-order valence-corrected chi connectivity index (χ3v) is 6.26. The topological polar surface area (TPSA) is 41.1 Å². The number of amides is 1. The Morgan fingerprint density at radius 1 is 1.21 bits per heavy atom. The number of carbonyl (C=O) groups excluding carboxylic acids is 1. The van der Waals surface area contributed by atoms with Gasteiger partial charge in [0.05, 0.1) is 0 Å². The van der Waals surface area contributed by atoms with Gasteiger partial charge in [-0.2, -0.15) is 0 Å². The first kappa shape index (κ1) is 17.7. The zero-order valence-electron chi connectivity index (χ0n) is 13.8. The van der Waals surface area contributed by atoms with Crippen LogP contribution in [0.25, 0.3) is 10.1 Å². The van der Waals surface area contributed by atoms with Gasteiger partial charge in [0, 0.05) is 29.2 Å². The minimum Gasteiger partial charge on any atom is -0.353 e. The summed E-state index contributed by atoms with van der Waals surface area (Å²) in [5.74, 6) is 0.232. The molecule has 4 rings (SSSR count). The number of halogens is 1. The van der Waals surface area contributed by atoms with E-state index in [1.54, 1.807) is 11.3 Å². The number of rotatable bonds is 5. The summed E-state index contributed by atoms with van der Waals surface area (Å²) < 4.78 is 1.34. The summed E-state index contributed by atoms with van der Waals surface area (Å²) in [5.41, 5.74) is 1.39. The molecule has 3 heterocycles. The first-order valence-electron chi connectivity index (χ1n) is 8.78. The van der Waals surface area contributed by atoms with Crippen molar-refractivity contribution in [2.45, 2.75) is 63.1 Å². The quantitative estimate of drug-likeness (QED) is 0.840. The standard InChI is InChI=1S/C19H24N2OS.ClH/c22-19(21-16-10-14-8-9-15(11-16)20-14)7-3-4-13-12-23-18-6-2-1-5-17(13)18;/h1-2,5-6,12,14-16,20H,3-4,7-11H2,(H,21,22);1H. The summed E-state index contributed by atoms with van der Waals surface area (Å²) in [6.45, 7) is 0. The normalized spacial score (nSPS) is 25.4. The van der Waals surface area contributed by atoms with Crippen LogP contribution in [-0.2, 0) is 11.2 Å². The van der Waals surface area contributed by atoms with Crippen LogP contribution < -0.4 is 10.6 Å². The number of aryl methyl sites for hydroxylation is 1. The Morgan fingerprint density at radius 2 is 1.96 bits per heavy atom. The number of hydrogen-bond donors (Lipinski definition) is 2. The van der Waals surface area contributed by atoms with Crippen LogP contribution in [0.2, 0.25) is 0 Å². The van der Waals surface area contributed by atoms with Crippen LogP contribution >= 0.6 is 23.7 Å². The fraction of sp³-hybridized carbons (Fsp3) is 0.526. The third-order valence-electron chi connectivity index (χ3n) is 5.25. The van der Waals surface area contributed by atoms with E-state index < -0.39 is 0 Å². The molecule has 1 amide bonds. The van der Waals surface area contributed by atoms with Crippen LogP contribution in [0.1, 0.15) is 44.1 Å². The largest absolute Gasteiger partial charge is 0.353 e. The van der Waals surface area contributed by atoms with Gasteiger partial charge in [-0.1, -0.05) is 18.2 Å². The molecule has 1 aromatic carbocycles. The highest BCUT2D eigenvalue weighted by Crippen LogP contribution is 2.28. The third kappa shape index (κ3) is 3.93. The zero-order chi connectivity index (χ0) is 15.6. The molecule has 0 spiro atoms. The van der Waals surface area contributed by atoms with E-state index in [1.807, 2.05) is 0 Å². The molecule has 1 aromatic heterocycles. The van der Waals surface area contributed by atoms with Crippen molar-refractivity contribution in [1.82, 2.24) is 10.6 Å². The van der Waals surface area contributed by atoms with Crippen molar-refractivity contribution in [3.8, 4) is 0 Å². The molecule has 0 saturated carbocycles. The highest BCUT2D eigenvalue weighted by molar-refractivity contribution is 7.17. The average molecular weight is 365 g/mol. The lowest BCUT2D eigenvalue weighted by molar-refractivity contribution is -0.122. The molecule has 2 aliphatic heterocycles. The minimum absolute atomic E-state index is 0. The van der Waals surface area contributed by atoms with E-state index in [2.05, 4.69) is 40.3 Å². The Balaban J connectivity index is 0.00000169. The van der Waals surface area contributed by atoms with Crippen molar-refractivity contribution in [1.29, 1.82) is 0 Å². The highest BCUT2D eigenvalue weighted by atomic mass is 35.5. The Kier molecular flexibility index (Phi) is 5.80. The SMILES string of the molecule is Cl.O=C(CCCc1csc2ccccc12)NC1CC2CCC(C1)N2. The number of thiophene rings is 1. The van der Waals surface area contributed by atoms with E-state index in [0.717, 1.165) is 25.7 Å². The number of hydrogen-bond acceptors (Lipinski definition) is 3. The molecule has 3 nitrogen and oxygen atoms in total. The molecule has 2 aliphatic rings. The minimum atomic E-state index is 0. The molecule has 2 N–H and O–H groups in total. The van der Waals surface area contributed by atoms with Gasteiger partial charge >= 0.3 is 0 Å². The van der Waals surface area contributed by atoms with Crippen LogP contribution in [0, 0.1) is 0 Å². The Labute approximate surface area is 153 Å². The number of carbonyl (C=O) groups is 1. The maximum atomic E-state index is 12.2. The van der Waals surface area contributed by atoms with Gasteiger partial charge in [0.15, 0.2) is 0 Å². The Morgan fingerprint density at radius 3 is 2.75 bits per heavy atom. The summed E-state index contributed by atoms with van der Waals surface area (Å²) in [6, 6.07) is 10.2. The number of nitrogens with one attached hydrogen (secondary N) is 2. The van der Waals surface area contributed by atoms with Gasteiger partial charge < -0.3 is 10.6 Å². The summed E-state index contributed by atoms with van der Waals surface area (Å²) in [5, 5.41) is 10.5. The molecular weight excluding hydrogens is 340 g/mol. The molecule has 2 aromatic rings. The second-order valence-corrected chi connectivity index (χ2v) is 7.90. The molecular formula is C19H25ClN2OS. The van der Waals surface area contributed by atoms with Gasteiger partial charge in [-0.15, -0.1) is 23.7 Å². The van der Waals surface area contributed by atoms with Crippen molar-refractivity contribution < 1.29 is 4.79 Å². The van der Waals surface area contributed by atoms with Crippen LogP contribution in [0.4, 0.5) is 0 Å². The smallest absolute Gasteiger partial charge is 0.220 e. The molecule has 2 saturated heterocycles. The summed E-state index contributed by atoms with van der Waals surface area (Å²) in [6.07, 6.45) is 7.35. The van der Waals surface area contributed by atoms with Gasteiger partial charge in [0.2, 0.25) is 5.91 Å². The highest BCUT2D eigenvalue weighted by Gasteiger charge is 2.33. The summed E-state index contributed by atoms with van der Waals surface area (Å²) in [7, 11) is 0. The van der Waals surface area contributed by atoms with Crippen molar-refractivity contribution in [3.05, 3.63) is 35.2 Å². The van der Waals surface area contributed by atoms with Crippen molar-refractivity contribution >= 4 is 39.7 Å². The van der Waals surface area contributed by atoms with E-state index in [-0.39, 0.29) is 18.3 Å². The first-order valence-corrected chi connectivity index (χ1v) is 9.66. The van der Waals surface area contributed by atoms with Gasteiger partial charge in [-0.3, -0.25) is 4.79 Å². The van der Waals surface area contributed by atoms with Gasteiger partial charge in [0.25, 0.3) is 0 Å². The first-order chi connectivity index (χ1) is 11.3. The van der Waals surface area contributed by atoms with Crippen LogP contribution in [0.15, 0.2) is 29.6 Å². The van der Waals surface area contributed by atoms with E-state index >= 15 is 0 Å². The van der Waals surface area contributed by atoms with E-state index in [0.29, 0.717) is 24.5 Å². The molecule has 2 atom stereocenters. The molecule has 130 valence electrons. The second kappa shape index (κ2) is 7.85. The lowest BCUT2D eigenvalue weighted by Gasteiger charge is -2.29.